The van der Waals surface area contributed by atoms with Crippen LogP contribution in [0.4, 0.5) is 5.69 Å². The van der Waals surface area contributed by atoms with E-state index in [0.717, 1.165) is 0 Å². The van der Waals surface area contributed by atoms with Crippen molar-refractivity contribution in [2.45, 2.75) is 0 Å². The average Bonchev–Trinajstić information content (AvgIpc) is 2.35. The maximum absolute atomic E-state index is 11.8. The van der Waals surface area contributed by atoms with E-state index in [1.807, 2.05) is 0 Å². The van der Waals surface area contributed by atoms with Crippen molar-refractivity contribution in [2.75, 3.05) is 5.32 Å². The molecular weight excluding hydrogens is 265 g/mol. The molecule has 1 N–H and O–H groups in total. The molecule has 2 aromatic heterocycles. The Kier molecular flexibility index (Phi) is 3.46. The number of hydrogen-bond acceptors (Lipinski definition) is 5. The van der Waals surface area contributed by atoms with Crippen molar-refractivity contribution >= 4 is 34.8 Å². The first kappa shape index (κ1) is 11.7. The molecule has 2 heterocycles. The second kappa shape index (κ2) is 5.03. The minimum atomic E-state index is -0.418. The van der Waals surface area contributed by atoms with Gasteiger partial charge < -0.3 is 5.32 Å². The average molecular weight is 270 g/mol. The van der Waals surface area contributed by atoms with Gasteiger partial charge in [0.25, 0.3) is 5.91 Å². The minimum Gasteiger partial charge on any atom is -0.317 e. The largest absolute Gasteiger partial charge is 0.317 e. The van der Waals surface area contributed by atoms with Gasteiger partial charge in [-0.15, -0.1) is 0 Å². The van der Waals surface area contributed by atoms with E-state index >= 15 is 0 Å². The Balaban J connectivity index is 2.25. The highest BCUT2D eigenvalue weighted by molar-refractivity contribution is 6.38. The number of amides is 1. The predicted molar refractivity (Wildman–Crippen MR) is 62.0 cm³/mol. The standard InChI is InChI=1S/C9H5Cl2N5O/c10-7-6(8(11)13-4-12-7)16-9(17)5-1-2-14-15-3-5/h1-4H,(H,16,17). The lowest BCUT2D eigenvalue weighted by Crippen LogP contribution is -2.13. The Morgan fingerprint density at radius 1 is 1.18 bits per heavy atom. The Morgan fingerprint density at radius 2 is 1.88 bits per heavy atom. The van der Waals surface area contributed by atoms with Crippen LogP contribution >= 0.6 is 23.2 Å². The van der Waals surface area contributed by atoms with Crippen molar-refractivity contribution in [3.05, 3.63) is 40.7 Å². The summed E-state index contributed by atoms with van der Waals surface area (Å²) < 4.78 is 0. The van der Waals surface area contributed by atoms with Crippen molar-refractivity contribution in [2.24, 2.45) is 0 Å². The number of nitrogens with zero attached hydrogens (tertiary/aromatic N) is 4. The Hall–Kier alpha value is -1.79. The molecule has 6 nitrogen and oxygen atoms in total. The predicted octanol–water partition coefficient (Wildman–Crippen LogP) is 1.83. The Morgan fingerprint density at radius 3 is 2.47 bits per heavy atom. The van der Waals surface area contributed by atoms with Crippen LogP contribution in [-0.4, -0.2) is 26.1 Å². The van der Waals surface area contributed by atoms with Crippen LogP contribution in [0.2, 0.25) is 10.3 Å². The normalized spacial score (nSPS) is 10.0. The summed E-state index contributed by atoms with van der Waals surface area (Å²) in [4.78, 5) is 19.2. The molecule has 0 unspecified atom stereocenters. The smallest absolute Gasteiger partial charge is 0.257 e. The molecule has 1 amide bonds. The van der Waals surface area contributed by atoms with Crippen LogP contribution in [-0.2, 0) is 0 Å². The molecule has 2 rings (SSSR count). The van der Waals surface area contributed by atoms with Gasteiger partial charge in [0.15, 0.2) is 10.3 Å². The summed E-state index contributed by atoms with van der Waals surface area (Å²) in [5, 5.41) is 9.79. The fourth-order valence-electron chi connectivity index (χ4n) is 1.06. The van der Waals surface area contributed by atoms with Gasteiger partial charge in [-0.1, -0.05) is 23.2 Å². The van der Waals surface area contributed by atoms with Crippen LogP contribution in [0.5, 0.6) is 0 Å². The second-order valence-corrected chi connectivity index (χ2v) is 3.63. The summed E-state index contributed by atoms with van der Waals surface area (Å²) >= 11 is 11.6. The van der Waals surface area contributed by atoms with Gasteiger partial charge in [0.1, 0.15) is 12.0 Å². The molecule has 0 aliphatic carbocycles. The molecule has 0 fully saturated rings. The first-order valence-corrected chi connectivity index (χ1v) is 5.18. The third kappa shape index (κ3) is 2.66. The molecule has 0 spiro atoms. The number of carbonyl (C=O) groups excluding carboxylic acids is 1. The lowest BCUT2D eigenvalue weighted by atomic mass is 10.3. The first-order valence-electron chi connectivity index (χ1n) is 4.42. The van der Waals surface area contributed by atoms with E-state index in [1.165, 1.54) is 24.8 Å². The van der Waals surface area contributed by atoms with Crippen LogP contribution in [0.15, 0.2) is 24.8 Å². The maximum atomic E-state index is 11.8. The molecule has 86 valence electrons. The molecule has 0 saturated heterocycles. The fraction of sp³-hybridized carbons (Fsp3) is 0. The quantitative estimate of drug-likeness (QED) is 0.842. The lowest BCUT2D eigenvalue weighted by molar-refractivity contribution is 0.102. The minimum absolute atomic E-state index is 0.0698. The van der Waals surface area contributed by atoms with Crippen molar-refractivity contribution in [3.8, 4) is 0 Å². The maximum Gasteiger partial charge on any atom is 0.257 e. The van der Waals surface area contributed by atoms with Crippen LogP contribution < -0.4 is 5.32 Å². The van der Waals surface area contributed by atoms with E-state index < -0.39 is 5.91 Å². The topological polar surface area (TPSA) is 80.7 Å². The first-order chi connectivity index (χ1) is 8.18. The van der Waals surface area contributed by atoms with E-state index in [-0.39, 0.29) is 16.0 Å². The highest BCUT2D eigenvalue weighted by Crippen LogP contribution is 2.25. The molecule has 0 saturated carbocycles. The van der Waals surface area contributed by atoms with Crippen LogP contribution in [0.1, 0.15) is 10.4 Å². The van der Waals surface area contributed by atoms with Crippen LogP contribution in [0.25, 0.3) is 0 Å². The fourth-order valence-corrected chi connectivity index (χ4v) is 1.47. The van der Waals surface area contributed by atoms with Gasteiger partial charge in [-0.2, -0.15) is 10.2 Å². The monoisotopic (exact) mass is 269 g/mol. The zero-order valence-electron chi connectivity index (χ0n) is 8.26. The molecule has 2 aromatic rings. The van der Waals surface area contributed by atoms with Crippen molar-refractivity contribution in [3.63, 3.8) is 0 Å². The number of hydrogen-bond donors (Lipinski definition) is 1. The van der Waals surface area contributed by atoms with Crippen LogP contribution in [0, 0.1) is 0 Å². The molecule has 0 aliphatic rings. The highest BCUT2D eigenvalue weighted by atomic mass is 35.5. The number of rotatable bonds is 2. The summed E-state index contributed by atoms with van der Waals surface area (Å²) in [5.74, 6) is -0.418. The molecule has 0 radical (unpaired) electrons. The Labute approximate surface area is 106 Å². The highest BCUT2D eigenvalue weighted by Gasteiger charge is 2.13. The summed E-state index contributed by atoms with van der Waals surface area (Å²) in [7, 11) is 0. The van der Waals surface area contributed by atoms with Crippen molar-refractivity contribution in [1.82, 2.24) is 20.2 Å². The van der Waals surface area contributed by atoms with Crippen molar-refractivity contribution < 1.29 is 4.79 Å². The van der Waals surface area contributed by atoms with E-state index in [1.54, 1.807) is 0 Å². The van der Waals surface area contributed by atoms with E-state index in [2.05, 4.69) is 25.5 Å². The molecule has 0 atom stereocenters. The second-order valence-electron chi connectivity index (χ2n) is 2.92. The molecule has 0 bridgehead atoms. The van der Waals surface area contributed by atoms with Gasteiger partial charge >= 0.3 is 0 Å². The van der Waals surface area contributed by atoms with Gasteiger partial charge in [0, 0.05) is 0 Å². The lowest BCUT2D eigenvalue weighted by Gasteiger charge is -2.06. The molecular formula is C9H5Cl2N5O. The summed E-state index contributed by atoms with van der Waals surface area (Å²) in [6, 6.07) is 1.51. The van der Waals surface area contributed by atoms with E-state index in [0.29, 0.717) is 5.56 Å². The number of halogens is 2. The molecule has 17 heavy (non-hydrogen) atoms. The Bertz CT molecular complexity index is 528. The third-order valence-corrected chi connectivity index (χ3v) is 2.41. The van der Waals surface area contributed by atoms with Crippen molar-refractivity contribution in [1.29, 1.82) is 0 Å². The van der Waals surface area contributed by atoms with Gasteiger partial charge in [0.05, 0.1) is 18.0 Å². The van der Waals surface area contributed by atoms with Gasteiger partial charge in [-0.05, 0) is 6.07 Å². The van der Waals surface area contributed by atoms with Gasteiger partial charge in [0.2, 0.25) is 0 Å². The zero-order chi connectivity index (χ0) is 12.3. The van der Waals surface area contributed by atoms with Crippen LogP contribution in [0.3, 0.4) is 0 Å². The third-order valence-electron chi connectivity index (χ3n) is 1.84. The summed E-state index contributed by atoms with van der Waals surface area (Å²) in [5.41, 5.74) is 0.494. The van der Waals surface area contributed by atoms with E-state index in [9.17, 15) is 4.79 Å². The number of anilines is 1. The van der Waals surface area contributed by atoms with Gasteiger partial charge in [-0.3, -0.25) is 4.79 Å². The number of aromatic nitrogens is 4. The molecule has 0 aliphatic heterocycles. The zero-order valence-corrected chi connectivity index (χ0v) is 9.77. The number of nitrogens with one attached hydrogen (secondary N) is 1. The van der Waals surface area contributed by atoms with E-state index in [4.69, 9.17) is 23.2 Å². The molecule has 8 heteroatoms. The summed E-state index contributed by atoms with van der Waals surface area (Å²) in [6.07, 6.45) is 3.93. The molecule has 0 aromatic carbocycles. The van der Waals surface area contributed by atoms with Gasteiger partial charge in [-0.25, -0.2) is 9.97 Å². The number of carbonyl (C=O) groups is 1. The SMILES string of the molecule is O=C(Nc1c(Cl)ncnc1Cl)c1ccnnc1. The summed E-state index contributed by atoms with van der Waals surface area (Å²) in [6.45, 7) is 0.